The first-order valence-corrected chi connectivity index (χ1v) is 11.4. The van der Waals surface area contributed by atoms with Crippen LogP contribution in [0.2, 0.25) is 0 Å². The molecule has 0 aliphatic carbocycles. The van der Waals surface area contributed by atoms with E-state index in [9.17, 15) is 8.42 Å². The van der Waals surface area contributed by atoms with E-state index in [1.54, 1.807) is 4.31 Å². The van der Waals surface area contributed by atoms with Gasteiger partial charge in [0.1, 0.15) is 0 Å². The molecule has 0 spiro atoms. The van der Waals surface area contributed by atoms with Gasteiger partial charge in [-0.1, -0.05) is 78.1 Å². The number of hydrogen-bond donors (Lipinski definition) is 0. The predicted molar refractivity (Wildman–Crippen MR) is 102 cm³/mol. The van der Waals surface area contributed by atoms with Crippen LogP contribution in [0.3, 0.4) is 0 Å². The third-order valence-electron chi connectivity index (χ3n) is 4.51. The van der Waals surface area contributed by atoms with E-state index in [2.05, 4.69) is 13.8 Å². The highest BCUT2D eigenvalue weighted by Crippen LogP contribution is 2.14. The van der Waals surface area contributed by atoms with Crippen molar-refractivity contribution < 1.29 is 8.42 Å². The molecule has 0 rings (SSSR count). The van der Waals surface area contributed by atoms with Gasteiger partial charge in [-0.05, 0) is 19.8 Å². The molecule has 4 nitrogen and oxygen atoms in total. The smallest absolute Gasteiger partial charge is 0.211 e. The summed E-state index contributed by atoms with van der Waals surface area (Å²) in [5.41, 5.74) is 0. The Labute approximate surface area is 150 Å². The van der Waals surface area contributed by atoms with Crippen LogP contribution in [0.4, 0.5) is 0 Å². The minimum absolute atomic E-state index is 0.565. The normalized spacial score (nSPS) is 13.1. The zero-order chi connectivity index (χ0) is 18.3. The Balaban J connectivity index is 4.33. The number of nitrogens with zero attached hydrogens (tertiary/aromatic N) is 2. The van der Waals surface area contributed by atoms with Gasteiger partial charge in [0.2, 0.25) is 10.0 Å². The van der Waals surface area contributed by atoms with Gasteiger partial charge in [0.05, 0.1) is 6.07 Å². The van der Waals surface area contributed by atoms with Crippen molar-refractivity contribution in [2.45, 2.75) is 103 Å². The summed E-state index contributed by atoms with van der Waals surface area (Å²) >= 11 is 0. The molecule has 0 aliphatic rings. The summed E-state index contributed by atoms with van der Waals surface area (Å²) in [6, 6.07) is 1.89. The Morgan fingerprint density at radius 1 is 0.792 bits per heavy atom. The van der Waals surface area contributed by atoms with Crippen LogP contribution in [0, 0.1) is 11.3 Å². The van der Waals surface area contributed by atoms with E-state index in [0.717, 1.165) is 25.7 Å². The quantitative estimate of drug-likeness (QED) is 0.354. The molecule has 0 aromatic heterocycles. The van der Waals surface area contributed by atoms with Crippen LogP contribution >= 0.6 is 0 Å². The fourth-order valence-corrected chi connectivity index (χ4v) is 4.14. The summed E-state index contributed by atoms with van der Waals surface area (Å²) < 4.78 is 26.6. The fourth-order valence-electron chi connectivity index (χ4n) is 2.79. The van der Waals surface area contributed by atoms with Gasteiger partial charge < -0.3 is 0 Å². The molecule has 0 N–H and O–H groups in total. The van der Waals surface area contributed by atoms with Gasteiger partial charge in [0.25, 0.3) is 0 Å². The Bertz CT molecular complexity index is 413. The van der Waals surface area contributed by atoms with Gasteiger partial charge >= 0.3 is 0 Å². The Morgan fingerprint density at radius 3 is 1.54 bits per heavy atom. The van der Waals surface area contributed by atoms with Crippen molar-refractivity contribution in [2.75, 3.05) is 13.1 Å². The van der Waals surface area contributed by atoms with Crippen molar-refractivity contribution in [1.82, 2.24) is 4.31 Å². The highest BCUT2D eigenvalue weighted by Gasteiger charge is 2.27. The van der Waals surface area contributed by atoms with Crippen LogP contribution in [-0.4, -0.2) is 31.1 Å². The molecule has 1 atom stereocenters. The molecule has 24 heavy (non-hydrogen) atoms. The lowest BCUT2D eigenvalue weighted by Gasteiger charge is -2.23. The fraction of sp³-hybridized carbons (Fsp3) is 0.947. The minimum Gasteiger partial charge on any atom is -0.211 e. The molecule has 0 saturated carbocycles. The zero-order valence-corrected chi connectivity index (χ0v) is 16.9. The minimum atomic E-state index is -3.47. The lowest BCUT2D eigenvalue weighted by molar-refractivity contribution is 0.381. The van der Waals surface area contributed by atoms with E-state index in [0.29, 0.717) is 13.1 Å². The first-order chi connectivity index (χ1) is 11.5. The maximum Gasteiger partial charge on any atom is 0.230 e. The molecule has 0 aromatic carbocycles. The summed E-state index contributed by atoms with van der Waals surface area (Å²) in [5, 5.41) is 8.05. The summed E-state index contributed by atoms with van der Waals surface area (Å²) in [4.78, 5) is 0. The maximum atomic E-state index is 12.5. The lowest BCUT2D eigenvalue weighted by Crippen LogP contribution is -2.38. The SMILES string of the molecule is CCCCCCCCN(CCCCCCCC)S(=O)(=O)C(C)C#N. The summed E-state index contributed by atoms with van der Waals surface area (Å²) in [6.45, 7) is 7.01. The second-order valence-corrected chi connectivity index (χ2v) is 9.00. The lowest BCUT2D eigenvalue weighted by atomic mass is 10.1. The largest absolute Gasteiger partial charge is 0.230 e. The van der Waals surface area contributed by atoms with E-state index < -0.39 is 15.3 Å². The number of hydrogen-bond acceptors (Lipinski definition) is 3. The van der Waals surface area contributed by atoms with E-state index >= 15 is 0 Å². The van der Waals surface area contributed by atoms with Crippen molar-refractivity contribution in [1.29, 1.82) is 5.26 Å². The van der Waals surface area contributed by atoms with Crippen LogP contribution in [-0.2, 0) is 10.0 Å². The molecule has 0 amide bonds. The monoisotopic (exact) mass is 358 g/mol. The van der Waals surface area contributed by atoms with Crippen LogP contribution in [0.5, 0.6) is 0 Å². The molecule has 0 heterocycles. The van der Waals surface area contributed by atoms with Crippen molar-refractivity contribution in [3.63, 3.8) is 0 Å². The third-order valence-corrected chi connectivity index (χ3v) is 6.59. The number of nitriles is 1. The van der Waals surface area contributed by atoms with Gasteiger partial charge in [-0.2, -0.15) is 5.26 Å². The molecule has 0 saturated heterocycles. The van der Waals surface area contributed by atoms with Crippen molar-refractivity contribution in [3.8, 4) is 6.07 Å². The molecule has 0 radical (unpaired) electrons. The van der Waals surface area contributed by atoms with Gasteiger partial charge in [-0.15, -0.1) is 0 Å². The average molecular weight is 359 g/mol. The number of rotatable bonds is 16. The Hall–Kier alpha value is -0.600. The van der Waals surface area contributed by atoms with Crippen molar-refractivity contribution >= 4 is 10.0 Å². The first-order valence-electron chi connectivity index (χ1n) is 9.89. The second-order valence-electron chi connectivity index (χ2n) is 6.75. The van der Waals surface area contributed by atoms with Crippen LogP contribution in [0.1, 0.15) is 97.8 Å². The van der Waals surface area contributed by atoms with Crippen LogP contribution < -0.4 is 0 Å². The van der Waals surface area contributed by atoms with E-state index in [1.165, 1.54) is 58.3 Å². The predicted octanol–water partition coefficient (Wildman–Crippen LogP) is 5.25. The van der Waals surface area contributed by atoms with Gasteiger partial charge in [-0.3, -0.25) is 0 Å². The Morgan fingerprint density at radius 2 is 1.17 bits per heavy atom. The first kappa shape index (κ1) is 23.4. The van der Waals surface area contributed by atoms with Gasteiger partial charge in [-0.25, -0.2) is 12.7 Å². The van der Waals surface area contributed by atoms with Crippen LogP contribution in [0.15, 0.2) is 0 Å². The molecule has 0 aliphatic heterocycles. The number of unbranched alkanes of at least 4 members (excludes halogenated alkanes) is 10. The molecule has 0 fully saturated rings. The maximum absolute atomic E-state index is 12.5. The van der Waals surface area contributed by atoms with E-state index in [1.807, 2.05) is 6.07 Å². The highest BCUT2D eigenvalue weighted by atomic mass is 32.2. The molecule has 0 aromatic rings. The topological polar surface area (TPSA) is 61.2 Å². The standard InChI is InChI=1S/C19H38N2O2S/c1-4-6-8-10-12-14-16-21(24(22,23)19(3)18-20)17-15-13-11-9-7-5-2/h19H,4-17H2,1-3H3. The molecule has 142 valence electrons. The number of sulfonamides is 1. The second kappa shape index (κ2) is 14.7. The van der Waals surface area contributed by atoms with Crippen LogP contribution in [0.25, 0.3) is 0 Å². The van der Waals surface area contributed by atoms with Gasteiger partial charge in [0.15, 0.2) is 5.25 Å². The molecular formula is C19H38N2O2S. The summed E-state index contributed by atoms with van der Waals surface area (Å²) in [5.74, 6) is 0. The average Bonchev–Trinajstić information content (AvgIpc) is 2.57. The van der Waals surface area contributed by atoms with E-state index in [-0.39, 0.29) is 0 Å². The third kappa shape index (κ3) is 10.3. The van der Waals surface area contributed by atoms with Gasteiger partial charge in [0, 0.05) is 13.1 Å². The molecule has 5 heteroatoms. The molecule has 1 unspecified atom stereocenters. The molecular weight excluding hydrogens is 320 g/mol. The van der Waals surface area contributed by atoms with Crippen molar-refractivity contribution in [2.24, 2.45) is 0 Å². The Kier molecular flexibility index (Phi) is 14.4. The summed E-state index contributed by atoms with van der Waals surface area (Å²) in [6.07, 6.45) is 13.7. The molecule has 0 bridgehead atoms. The summed E-state index contributed by atoms with van der Waals surface area (Å²) in [7, 11) is -3.47. The zero-order valence-electron chi connectivity index (χ0n) is 16.1. The van der Waals surface area contributed by atoms with E-state index in [4.69, 9.17) is 5.26 Å². The highest BCUT2D eigenvalue weighted by molar-refractivity contribution is 7.89. The van der Waals surface area contributed by atoms with Crippen molar-refractivity contribution in [3.05, 3.63) is 0 Å².